The third-order valence-corrected chi connectivity index (χ3v) is 5.01. The molecule has 3 rings (SSSR count). The molecule has 0 spiro atoms. The van der Waals surface area contributed by atoms with E-state index >= 15 is 0 Å². The average Bonchev–Trinajstić information content (AvgIpc) is 2.96. The van der Waals surface area contributed by atoms with E-state index in [0.717, 1.165) is 30.6 Å². The monoisotopic (exact) mass is 288 g/mol. The Morgan fingerprint density at radius 3 is 3.05 bits per heavy atom. The van der Waals surface area contributed by atoms with Crippen molar-refractivity contribution in [2.75, 3.05) is 6.61 Å². The highest BCUT2D eigenvalue weighted by Gasteiger charge is 2.29. The van der Waals surface area contributed by atoms with E-state index in [1.54, 1.807) is 0 Å². The third-order valence-electron chi connectivity index (χ3n) is 4.02. The van der Waals surface area contributed by atoms with Crippen molar-refractivity contribution in [3.63, 3.8) is 0 Å². The third kappa shape index (κ3) is 2.48. The molecule has 3 heteroatoms. The number of ether oxygens (including phenoxy) is 1. The Bertz CT molecular complexity index is 576. The van der Waals surface area contributed by atoms with E-state index in [-0.39, 0.29) is 5.92 Å². The first-order chi connectivity index (χ1) is 9.81. The molecule has 1 aromatic carbocycles. The molecular weight excluding hydrogens is 268 g/mol. The number of hydrogen-bond donors (Lipinski definition) is 1. The van der Waals surface area contributed by atoms with E-state index in [0.29, 0.717) is 6.61 Å². The van der Waals surface area contributed by atoms with Gasteiger partial charge in [0.15, 0.2) is 0 Å². The van der Waals surface area contributed by atoms with Gasteiger partial charge in [-0.15, -0.1) is 11.3 Å². The fraction of sp³-hybridized carbons (Fsp3) is 0.412. The first-order valence-corrected chi connectivity index (χ1v) is 8.15. The standard InChI is InChI=1S/C17H20O2S/c1-2-19-15-8-4-3-6-14(15)17(18)13-7-5-9-16-12(13)10-11-20-16/h3-4,6,8,10-11,13,17-18H,2,5,7,9H2,1H3. The largest absolute Gasteiger partial charge is 0.493 e. The van der Waals surface area contributed by atoms with Crippen LogP contribution in [0.1, 0.15) is 47.8 Å². The summed E-state index contributed by atoms with van der Waals surface area (Å²) >= 11 is 1.81. The van der Waals surface area contributed by atoms with Gasteiger partial charge >= 0.3 is 0 Å². The van der Waals surface area contributed by atoms with Gasteiger partial charge in [-0.1, -0.05) is 18.2 Å². The zero-order valence-corrected chi connectivity index (χ0v) is 12.5. The van der Waals surface area contributed by atoms with Crippen molar-refractivity contribution in [2.45, 2.75) is 38.2 Å². The summed E-state index contributed by atoms with van der Waals surface area (Å²) in [7, 11) is 0. The Labute approximate surface area is 124 Å². The molecule has 0 bridgehead atoms. The van der Waals surface area contributed by atoms with E-state index in [2.05, 4.69) is 11.4 Å². The number of thiophene rings is 1. The predicted molar refractivity (Wildman–Crippen MR) is 82.6 cm³/mol. The van der Waals surface area contributed by atoms with Crippen LogP contribution in [0, 0.1) is 0 Å². The van der Waals surface area contributed by atoms with Crippen molar-refractivity contribution < 1.29 is 9.84 Å². The lowest BCUT2D eigenvalue weighted by Crippen LogP contribution is -2.16. The minimum atomic E-state index is -0.480. The smallest absolute Gasteiger partial charge is 0.125 e. The molecule has 1 heterocycles. The summed E-state index contributed by atoms with van der Waals surface area (Å²) in [6.45, 7) is 2.60. The summed E-state index contributed by atoms with van der Waals surface area (Å²) in [5, 5.41) is 13.0. The lowest BCUT2D eigenvalue weighted by molar-refractivity contribution is 0.132. The van der Waals surface area contributed by atoms with Crippen molar-refractivity contribution in [1.29, 1.82) is 0 Å². The van der Waals surface area contributed by atoms with Crippen LogP contribution in [0.3, 0.4) is 0 Å². The van der Waals surface area contributed by atoms with Gasteiger partial charge in [0.2, 0.25) is 0 Å². The van der Waals surface area contributed by atoms with E-state index < -0.39 is 6.10 Å². The summed E-state index contributed by atoms with van der Waals surface area (Å²) in [5.74, 6) is 1.01. The molecule has 0 saturated heterocycles. The first kappa shape index (κ1) is 13.7. The van der Waals surface area contributed by atoms with Crippen molar-refractivity contribution in [3.05, 3.63) is 51.7 Å². The minimum Gasteiger partial charge on any atom is -0.493 e. The molecule has 2 nitrogen and oxygen atoms in total. The topological polar surface area (TPSA) is 29.5 Å². The highest BCUT2D eigenvalue weighted by atomic mass is 32.1. The van der Waals surface area contributed by atoms with Crippen LogP contribution >= 0.6 is 11.3 Å². The Morgan fingerprint density at radius 2 is 2.20 bits per heavy atom. The fourth-order valence-electron chi connectivity index (χ4n) is 3.08. The van der Waals surface area contributed by atoms with Gasteiger partial charge in [-0.3, -0.25) is 0 Å². The molecule has 2 unspecified atom stereocenters. The maximum atomic E-state index is 10.8. The number of aliphatic hydroxyl groups excluding tert-OH is 1. The van der Waals surface area contributed by atoms with Gasteiger partial charge < -0.3 is 9.84 Å². The second-order valence-corrected chi connectivity index (χ2v) is 6.21. The molecule has 0 fully saturated rings. The van der Waals surface area contributed by atoms with Gasteiger partial charge in [-0.2, -0.15) is 0 Å². The molecule has 0 aliphatic heterocycles. The molecule has 2 aromatic rings. The summed E-state index contributed by atoms with van der Waals surface area (Å²) in [6.07, 6.45) is 2.88. The van der Waals surface area contributed by atoms with Gasteiger partial charge in [0.1, 0.15) is 5.75 Å². The highest BCUT2D eigenvalue weighted by Crippen LogP contribution is 2.44. The van der Waals surface area contributed by atoms with E-state index in [1.165, 1.54) is 10.4 Å². The molecule has 1 N–H and O–H groups in total. The Kier molecular flexibility index (Phi) is 4.08. The molecule has 1 aliphatic rings. The summed E-state index contributed by atoms with van der Waals surface area (Å²) in [5.41, 5.74) is 2.25. The molecule has 0 saturated carbocycles. The van der Waals surface area contributed by atoms with Crippen LogP contribution in [0.5, 0.6) is 5.75 Å². The lowest BCUT2D eigenvalue weighted by Gasteiger charge is -2.28. The second-order valence-electron chi connectivity index (χ2n) is 5.21. The SMILES string of the molecule is CCOc1ccccc1C(O)C1CCCc2sccc21. The maximum absolute atomic E-state index is 10.8. The predicted octanol–water partition coefficient (Wildman–Crippen LogP) is 4.30. The average molecular weight is 288 g/mol. The number of aliphatic hydroxyl groups is 1. The molecule has 2 atom stereocenters. The van der Waals surface area contributed by atoms with E-state index in [9.17, 15) is 5.11 Å². The van der Waals surface area contributed by atoms with Gasteiger partial charge in [0.05, 0.1) is 12.7 Å². The Morgan fingerprint density at radius 1 is 1.35 bits per heavy atom. The van der Waals surface area contributed by atoms with Gasteiger partial charge in [-0.25, -0.2) is 0 Å². The molecule has 20 heavy (non-hydrogen) atoms. The minimum absolute atomic E-state index is 0.201. The fourth-order valence-corrected chi connectivity index (χ4v) is 4.08. The van der Waals surface area contributed by atoms with Crippen LogP contribution in [0.15, 0.2) is 35.7 Å². The van der Waals surface area contributed by atoms with Crippen LogP contribution in [-0.4, -0.2) is 11.7 Å². The molecule has 0 amide bonds. The molecule has 1 aromatic heterocycles. The van der Waals surface area contributed by atoms with E-state index in [4.69, 9.17) is 4.74 Å². The molecule has 1 aliphatic carbocycles. The van der Waals surface area contributed by atoms with Crippen LogP contribution in [-0.2, 0) is 6.42 Å². The van der Waals surface area contributed by atoms with Crippen molar-refractivity contribution >= 4 is 11.3 Å². The van der Waals surface area contributed by atoms with Crippen molar-refractivity contribution in [3.8, 4) is 5.75 Å². The number of para-hydroxylation sites is 1. The highest BCUT2D eigenvalue weighted by molar-refractivity contribution is 7.10. The second kappa shape index (κ2) is 5.98. The van der Waals surface area contributed by atoms with E-state index in [1.807, 2.05) is 42.5 Å². The normalized spacial score (nSPS) is 19.4. The quantitative estimate of drug-likeness (QED) is 0.909. The maximum Gasteiger partial charge on any atom is 0.125 e. The Balaban J connectivity index is 1.92. The summed E-state index contributed by atoms with van der Waals surface area (Å²) < 4.78 is 5.66. The van der Waals surface area contributed by atoms with Crippen LogP contribution in [0.2, 0.25) is 0 Å². The Hall–Kier alpha value is -1.32. The van der Waals surface area contributed by atoms with Gasteiger partial charge in [-0.05, 0) is 49.3 Å². The van der Waals surface area contributed by atoms with Crippen LogP contribution in [0.25, 0.3) is 0 Å². The number of benzene rings is 1. The number of aryl methyl sites for hydroxylation is 1. The van der Waals surface area contributed by atoms with Crippen LogP contribution < -0.4 is 4.74 Å². The lowest BCUT2D eigenvalue weighted by atomic mass is 9.81. The number of hydrogen-bond acceptors (Lipinski definition) is 3. The van der Waals surface area contributed by atoms with Crippen LogP contribution in [0.4, 0.5) is 0 Å². The molecular formula is C17H20O2S. The van der Waals surface area contributed by atoms with Crippen molar-refractivity contribution in [2.24, 2.45) is 0 Å². The van der Waals surface area contributed by atoms with Gasteiger partial charge in [0.25, 0.3) is 0 Å². The first-order valence-electron chi connectivity index (χ1n) is 7.27. The summed E-state index contributed by atoms with van der Waals surface area (Å²) in [4.78, 5) is 1.44. The zero-order valence-electron chi connectivity index (χ0n) is 11.7. The molecule has 0 radical (unpaired) electrons. The number of rotatable bonds is 4. The zero-order chi connectivity index (χ0) is 13.9. The van der Waals surface area contributed by atoms with Gasteiger partial charge in [0, 0.05) is 16.4 Å². The number of fused-ring (bicyclic) bond motifs is 1. The molecule has 106 valence electrons. The summed E-state index contributed by atoms with van der Waals surface area (Å²) in [6, 6.07) is 10.0. The van der Waals surface area contributed by atoms with Crippen molar-refractivity contribution in [1.82, 2.24) is 0 Å².